The molecule has 0 fully saturated rings. The summed E-state index contributed by atoms with van der Waals surface area (Å²) in [6, 6.07) is 11.0. The number of aromatic nitrogens is 4. The highest BCUT2D eigenvalue weighted by molar-refractivity contribution is 5.69. The summed E-state index contributed by atoms with van der Waals surface area (Å²) < 4.78 is 5.31. The van der Waals surface area contributed by atoms with E-state index in [-0.39, 0.29) is 35.2 Å². The van der Waals surface area contributed by atoms with E-state index in [4.69, 9.17) is 0 Å². The average Bonchev–Trinajstić information content (AvgIpc) is 3.15. The Kier molecular flexibility index (Phi) is 8.41. The summed E-state index contributed by atoms with van der Waals surface area (Å²) in [7, 11) is 5.42. The van der Waals surface area contributed by atoms with Crippen LogP contribution in [0.4, 0.5) is 0 Å². The molecule has 2 aromatic heterocycles. The maximum atomic E-state index is 12.6. The molecule has 0 radical (unpaired) electrons. The number of halogens is 1. The lowest BCUT2D eigenvalue weighted by Gasteiger charge is -2.39. The Hall–Kier alpha value is -2.20. The molecule has 0 aliphatic rings. The first-order chi connectivity index (χ1) is 14.3. The zero-order valence-electron chi connectivity index (χ0n) is 18.8. The van der Waals surface area contributed by atoms with E-state index in [1.807, 2.05) is 16.7 Å². The Bertz CT molecular complexity index is 1150. The number of imidazole rings is 1. The molecule has 0 amide bonds. The number of rotatable bonds is 9. The van der Waals surface area contributed by atoms with Gasteiger partial charge in [-0.1, -0.05) is 36.9 Å². The molecule has 3 aromatic rings. The minimum absolute atomic E-state index is 0. The van der Waals surface area contributed by atoms with Gasteiger partial charge in [0.2, 0.25) is 0 Å². The molecule has 8 heteroatoms. The zero-order chi connectivity index (χ0) is 21.9. The van der Waals surface area contributed by atoms with Crippen LogP contribution in [0, 0.1) is 0 Å². The van der Waals surface area contributed by atoms with Crippen molar-refractivity contribution < 1.29 is 28.5 Å². The Labute approximate surface area is 200 Å². The second kappa shape index (κ2) is 10.4. The van der Waals surface area contributed by atoms with Crippen LogP contribution in [0.3, 0.4) is 0 Å². The van der Waals surface area contributed by atoms with E-state index in [0.717, 1.165) is 35.0 Å². The molecule has 0 N–H and O–H groups in total. The normalized spacial score (nSPS) is 14.1. The van der Waals surface area contributed by atoms with Gasteiger partial charge in [0, 0.05) is 33.5 Å². The summed E-state index contributed by atoms with van der Waals surface area (Å²) in [5, 5.41) is 0. The second-order valence-corrected chi connectivity index (χ2v) is 8.38. The van der Waals surface area contributed by atoms with Gasteiger partial charge in [-0.05, 0) is 18.6 Å². The SMILES string of the molecule is C=CC[N+](C)(CCCn1cnc2c1c(=O)n(C)c(=O)n2C)C(C)Cc1ccccc1.[I-]. The number of quaternary nitrogens is 1. The van der Waals surface area contributed by atoms with Crippen LogP contribution in [0.15, 0.2) is 58.9 Å². The zero-order valence-corrected chi connectivity index (χ0v) is 20.9. The summed E-state index contributed by atoms with van der Waals surface area (Å²) >= 11 is 0. The first-order valence-electron chi connectivity index (χ1n) is 10.4. The standard InChI is InChI=1S/C23H32N5O2.HI/c1-6-14-28(5,18(2)16-19-11-8-7-9-12-19)15-10-13-27-17-24-21-20(27)22(29)26(4)23(30)25(21)3;/h6-9,11-12,17-18H,1,10,13-16H2,2-5H3;1H/q+1;/p-1. The van der Waals surface area contributed by atoms with Crippen molar-refractivity contribution in [3.8, 4) is 0 Å². The van der Waals surface area contributed by atoms with Crippen molar-refractivity contribution in [2.75, 3.05) is 20.1 Å². The molecule has 31 heavy (non-hydrogen) atoms. The molecule has 0 bridgehead atoms. The van der Waals surface area contributed by atoms with Gasteiger partial charge in [0.15, 0.2) is 11.2 Å². The van der Waals surface area contributed by atoms with Gasteiger partial charge >= 0.3 is 5.69 Å². The maximum absolute atomic E-state index is 12.6. The summed E-state index contributed by atoms with van der Waals surface area (Å²) in [6.07, 6.45) is 5.54. The van der Waals surface area contributed by atoms with Gasteiger partial charge < -0.3 is 33.0 Å². The van der Waals surface area contributed by atoms with Crippen molar-refractivity contribution >= 4 is 11.2 Å². The highest BCUT2D eigenvalue weighted by Crippen LogP contribution is 2.17. The number of benzene rings is 1. The largest absolute Gasteiger partial charge is 1.00 e. The predicted molar refractivity (Wildman–Crippen MR) is 121 cm³/mol. The molecule has 2 unspecified atom stereocenters. The van der Waals surface area contributed by atoms with E-state index in [9.17, 15) is 9.59 Å². The van der Waals surface area contributed by atoms with Gasteiger partial charge in [-0.2, -0.15) is 0 Å². The van der Waals surface area contributed by atoms with E-state index in [1.54, 1.807) is 13.4 Å². The molecule has 2 heterocycles. The van der Waals surface area contributed by atoms with E-state index >= 15 is 0 Å². The molecule has 1 aromatic carbocycles. The van der Waals surface area contributed by atoms with Crippen LogP contribution in [-0.2, 0) is 27.1 Å². The molecular formula is C23H32IN5O2. The Morgan fingerprint density at radius 2 is 1.84 bits per heavy atom. The Morgan fingerprint density at radius 1 is 1.16 bits per heavy atom. The second-order valence-electron chi connectivity index (χ2n) is 8.38. The molecule has 0 aliphatic carbocycles. The highest BCUT2D eigenvalue weighted by Gasteiger charge is 2.28. The highest BCUT2D eigenvalue weighted by atomic mass is 127. The Balaban J connectivity index is 0.00000341. The minimum atomic E-state index is -0.359. The number of nitrogens with zero attached hydrogens (tertiary/aromatic N) is 5. The van der Waals surface area contributed by atoms with E-state index < -0.39 is 0 Å². The smallest absolute Gasteiger partial charge is 0.332 e. The number of fused-ring (bicyclic) bond motifs is 1. The molecule has 7 nitrogen and oxygen atoms in total. The fourth-order valence-corrected chi connectivity index (χ4v) is 4.13. The number of aryl methyl sites for hydroxylation is 2. The molecule has 0 saturated carbocycles. The fraction of sp³-hybridized carbons (Fsp3) is 0.435. The molecule has 168 valence electrons. The van der Waals surface area contributed by atoms with Crippen molar-refractivity contribution in [3.05, 3.63) is 75.7 Å². The molecule has 0 saturated heterocycles. The lowest BCUT2D eigenvalue weighted by Crippen LogP contribution is -3.00. The lowest BCUT2D eigenvalue weighted by atomic mass is 10.0. The van der Waals surface area contributed by atoms with E-state index in [1.165, 1.54) is 17.2 Å². The van der Waals surface area contributed by atoms with Crippen molar-refractivity contribution in [2.24, 2.45) is 14.1 Å². The van der Waals surface area contributed by atoms with E-state index in [0.29, 0.717) is 23.8 Å². The number of hydrogen-bond donors (Lipinski definition) is 0. The van der Waals surface area contributed by atoms with Crippen LogP contribution >= 0.6 is 0 Å². The van der Waals surface area contributed by atoms with E-state index in [2.05, 4.69) is 49.8 Å². The Morgan fingerprint density at radius 3 is 2.48 bits per heavy atom. The topological polar surface area (TPSA) is 61.8 Å². The van der Waals surface area contributed by atoms with Gasteiger partial charge in [-0.3, -0.25) is 13.9 Å². The molecule has 0 aliphatic heterocycles. The van der Waals surface area contributed by atoms with Crippen LogP contribution in [0.2, 0.25) is 0 Å². The van der Waals surface area contributed by atoms with Gasteiger partial charge in [-0.25, -0.2) is 9.78 Å². The molecule has 2 atom stereocenters. The van der Waals surface area contributed by atoms with Crippen molar-refractivity contribution in [1.82, 2.24) is 18.7 Å². The van der Waals surface area contributed by atoms with Crippen LogP contribution in [0.5, 0.6) is 0 Å². The monoisotopic (exact) mass is 537 g/mol. The van der Waals surface area contributed by atoms with Crippen LogP contribution < -0.4 is 35.2 Å². The predicted octanol–water partition coefficient (Wildman–Crippen LogP) is -0.908. The van der Waals surface area contributed by atoms with Crippen LogP contribution in [-0.4, -0.2) is 49.3 Å². The summed E-state index contributed by atoms with van der Waals surface area (Å²) in [5.74, 6) is 0. The third kappa shape index (κ3) is 5.17. The first kappa shape index (κ1) is 25.1. The van der Waals surface area contributed by atoms with Gasteiger partial charge in [0.05, 0.1) is 32.5 Å². The summed E-state index contributed by atoms with van der Waals surface area (Å²) in [5.41, 5.74) is 1.59. The third-order valence-corrected chi connectivity index (χ3v) is 6.27. The molecule has 0 spiro atoms. The molecule has 3 rings (SSSR count). The van der Waals surface area contributed by atoms with Crippen molar-refractivity contribution in [2.45, 2.75) is 32.4 Å². The van der Waals surface area contributed by atoms with Gasteiger partial charge in [0.25, 0.3) is 5.56 Å². The maximum Gasteiger partial charge on any atom is 0.332 e. The number of hydrogen-bond acceptors (Lipinski definition) is 3. The molecular weight excluding hydrogens is 505 g/mol. The van der Waals surface area contributed by atoms with Crippen LogP contribution in [0.1, 0.15) is 18.9 Å². The first-order valence-corrected chi connectivity index (χ1v) is 10.4. The van der Waals surface area contributed by atoms with Gasteiger partial charge in [-0.15, -0.1) is 0 Å². The third-order valence-electron chi connectivity index (χ3n) is 6.27. The van der Waals surface area contributed by atoms with Crippen molar-refractivity contribution in [1.29, 1.82) is 0 Å². The summed E-state index contributed by atoms with van der Waals surface area (Å²) in [6.45, 7) is 8.76. The van der Waals surface area contributed by atoms with Crippen LogP contribution in [0.25, 0.3) is 11.2 Å². The fourth-order valence-electron chi connectivity index (χ4n) is 4.13. The summed E-state index contributed by atoms with van der Waals surface area (Å²) in [4.78, 5) is 29.1. The van der Waals surface area contributed by atoms with Crippen molar-refractivity contribution in [3.63, 3.8) is 0 Å². The lowest BCUT2D eigenvalue weighted by molar-refractivity contribution is -0.926. The quantitative estimate of drug-likeness (QED) is 0.202. The van der Waals surface area contributed by atoms with Gasteiger partial charge in [0.1, 0.15) is 0 Å². The number of likely N-dealkylation sites (N-methyl/N-ethyl adjacent to an activating group) is 1. The average molecular weight is 537 g/mol. The minimum Gasteiger partial charge on any atom is -1.00 e.